The summed E-state index contributed by atoms with van der Waals surface area (Å²) in [6, 6.07) is 6.85. The Hall–Kier alpha value is -2.30. The molecule has 2 aromatic rings. The van der Waals surface area contributed by atoms with Gasteiger partial charge in [0.15, 0.2) is 0 Å². The Labute approximate surface area is 192 Å². The van der Waals surface area contributed by atoms with Crippen molar-refractivity contribution in [3.8, 4) is 0 Å². The number of halogens is 1. The second kappa shape index (κ2) is 9.46. The Bertz CT molecular complexity index is 977. The van der Waals surface area contributed by atoms with Crippen LogP contribution in [0.1, 0.15) is 50.1 Å². The fourth-order valence-corrected chi connectivity index (χ4v) is 4.63. The average molecular weight is 440 g/mol. The highest BCUT2D eigenvalue weighted by Crippen LogP contribution is 2.48. The molecule has 0 aliphatic carbocycles. The highest BCUT2D eigenvalue weighted by atomic mass is 35.5. The van der Waals surface area contributed by atoms with Crippen LogP contribution in [0.15, 0.2) is 37.6 Å². The van der Waals surface area contributed by atoms with Crippen LogP contribution in [0.25, 0.3) is 11.1 Å². The zero-order valence-electron chi connectivity index (χ0n) is 19.5. The molecule has 0 saturated carbocycles. The Morgan fingerprint density at radius 2 is 1.90 bits per heavy atom. The molecule has 1 aromatic carbocycles. The van der Waals surface area contributed by atoms with Gasteiger partial charge in [-0.15, -0.1) is 0 Å². The van der Waals surface area contributed by atoms with Crippen molar-refractivity contribution in [1.29, 1.82) is 0 Å². The molecule has 4 nitrogen and oxygen atoms in total. The van der Waals surface area contributed by atoms with E-state index in [-0.39, 0.29) is 5.41 Å². The fraction of sp³-hybridized carbons (Fsp3) is 0.423. The summed E-state index contributed by atoms with van der Waals surface area (Å²) in [7, 11) is 0. The zero-order valence-corrected chi connectivity index (χ0v) is 20.2. The quantitative estimate of drug-likeness (QED) is 0.541. The number of nitrogens with zero attached hydrogens (tertiary/aromatic N) is 3. The van der Waals surface area contributed by atoms with Crippen molar-refractivity contribution in [3.05, 3.63) is 59.9 Å². The average Bonchev–Trinajstić information content (AvgIpc) is 3.05. The standard InChI is InChI=1S/C24H28ClN3O.C2H6/c1-6-19-22(17(3)25)26-14-16(2)23(19)28-15-24(4,5)20-8-7-18(13-21(20)28)27-9-11-29-12-10-27;1-2/h6-8,13-14H,1,3,9-12,15H2,2,4-5H3;1-2H3. The Morgan fingerprint density at radius 1 is 1.23 bits per heavy atom. The van der Waals surface area contributed by atoms with Gasteiger partial charge in [0.05, 0.1) is 29.6 Å². The first-order chi connectivity index (χ1) is 14.8. The molecule has 0 radical (unpaired) electrons. The van der Waals surface area contributed by atoms with Crippen LogP contribution in [0.3, 0.4) is 0 Å². The molecule has 1 saturated heterocycles. The maximum absolute atomic E-state index is 6.26. The Morgan fingerprint density at radius 3 is 2.52 bits per heavy atom. The van der Waals surface area contributed by atoms with Gasteiger partial charge in [0.2, 0.25) is 0 Å². The van der Waals surface area contributed by atoms with E-state index in [1.807, 2.05) is 26.1 Å². The number of aromatic nitrogens is 1. The number of anilines is 3. The largest absolute Gasteiger partial charge is 0.378 e. The van der Waals surface area contributed by atoms with Gasteiger partial charge in [-0.3, -0.25) is 4.98 Å². The van der Waals surface area contributed by atoms with Gasteiger partial charge in [-0.2, -0.15) is 0 Å². The summed E-state index contributed by atoms with van der Waals surface area (Å²) in [6.07, 6.45) is 3.72. The summed E-state index contributed by atoms with van der Waals surface area (Å²) in [6.45, 7) is 22.9. The summed E-state index contributed by atoms with van der Waals surface area (Å²) >= 11 is 6.26. The predicted molar refractivity (Wildman–Crippen MR) is 135 cm³/mol. The lowest BCUT2D eigenvalue weighted by molar-refractivity contribution is 0.122. The van der Waals surface area contributed by atoms with E-state index in [1.165, 1.54) is 16.9 Å². The molecular weight excluding hydrogens is 406 g/mol. The molecule has 1 fully saturated rings. The van der Waals surface area contributed by atoms with Gasteiger partial charge in [-0.25, -0.2) is 0 Å². The van der Waals surface area contributed by atoms with Gasteiger partial charge in [-0.1, -0.05) is 64.6 Å². The van der Waals surface area contributed by atoms with Crippen molar-refractivity contribution >= 4 is 39.8 Å². The van der Waals surface area contributed by atoms with Crippen molar-refractivity contribution in [3.63, 3.8) is 0 Å². The highest BCUT2D eigenvalue weighted by molar-refractivity contribution is 6.48. The predicted octanol–water partition coefficient (Wildman–Crippen LogP) is 6.53. The fourth-order valence-electron chi connectivity index (χ4n) is 4.48. The second-order valence-corrected chi connectivity index (χ2v) is 8.89. The van der Waals surface area contributed by atoms with Crippen molar-refractivity contribution in [2.75, 3.05) is 42.6 Å². The second-order valence-electron chi connectivity index (χ2n) is 8.43. The van der Waals surface area contributed by atoms with E-state index >= 15 is 0 Å². The lowest BCUT2D eigenvalue weighted by atomic mass is 9.87. The lowest BCUT2D eigenvalue weighted by Crippen LogP contribution is -2.36. The third-order valence-corrected chi connectivity index (χ3v) is 6.11. The van der Waals surface area contributed by atoms with Crippen LogP contribution < -0.4 is 9.80 Å². The minimum absolute atomic E-state index is 0.0329. The summed E-state index contributed by atoms with van der Waals surface area (Å²) < 4.78 is 5.53. The van der Waals surface area contributed by atoms with E-state index in [2.05, 4.69) is 66.9 Å². The van der Waals surface area contributed by atoms with Crippen molar-refractivity contribution in [2.24, 2.45) is 0 Å². The van der Waals surface area contributed by atoms with Crippen molar-refractivity contribution in [2.45, 2.75) is 40.0 Å². The minimum atomic E-state index is 0.0329. The molecule has 2 aliphatic rings. The van der Waals surface area contributed by atoms with Gasteiger partial charge in [0, 0.05) is 48.2 Å². The SMILES string of the molecule is C=Cc1c(C(=C)Cl)ncc(C)c1N1CC(C)(C)c2ccc(N3CCOCC3)cc21.CC. The number of morpholine rings is 1. The molecule has 5 heteroatoms. The van der Waals surface area contributed by atoms with Crippen LogP contribution in [0.4, 0.5) is 17.1 Å². The van der Waals surface area contributed by atoms with Crippen LogP contribution in [0.5, 0.6) is 0 Å². The molecule has 0 unspecified atom stereocenters. The Balaban J connectivity index is 0.00000132. The van der Waals surface area contributed by atoms with Gasteiger partial charge in [-0.05, 0) is 30.2 Å². The first-order valence-corrected chi connectivity index (χ1v) is 11.4. The molecular formula is C26H34ClN3O. The van der Waals surface area contributed by atoms with Crippen LogP contribution in [-0.2, 0) is 10.2 Å². The molecule has 3 heterocycles. The molecule has 0 amide bonds. The molecule has 31 heavy (non-hydrogen) atoms. The molecule has 0 spiro atoms. The third-order valence-electron chi connectivity index (χ3n) is 5.93. The minimum Gasteiger partial charge on any atom is -0.378 e. The lowest BCUT2D eigenvalue weighted by Gasteiger charge is -2.30. The maximum atomic E-state index is 6.26. The van der Waals surface area contributed by atoms with E-state index in [0.717, 1.165) is 49.7 Å². The van der Waals surface area contributed by atoms with Crippen molar-refractivity contribution in [1.82, 2.24) is 4.98 Å². The first kappa shape index (κ1) is 23.4. The van der Waals surface area contributed by atoms with Gasteiger partial charge < -0.3 is 14.5 Å². The summed E-state index contributed by atoms with van der Waals surface area (Å²) in [5, 5.41) is 0.432. The zero-order chi connectivity index (χ0) is 22.8. The van der Waals surface area contributed by atoms with E-state index in [4.69, 9.17) is 16.3 Å². The van der Waals surface area contributed by atoms with Crippen LogP contribution in [0, 0.1) is 6.92 Å². The van der Waals surface area contributed by atoms with Crippen LogP contribution >= 0.6 is 11.6 Å². The van der Waals surface area contributed by atoms with Gasteiger partial charge in [0.25, 0.3) is 0 Å². The molecule has 166 valence electrons. The number of pyridine rings is 1. The maximum Gasteiger partial charge on any atom is 0.0902 e. The Kier molecular flexibility index (Phi) is 7.13. The number of aryl methyl sites for hydroxylation is 1. The number of hydrogen-bond donors (Lipinski definition) is 0. The number of benzene rings is 1. The molecule has 0 N–H and O–H groups in total. The highest BCUT2D eigenvalue weighted by Gasteiger charge is 2.37. The van der Waals surface area contributed by atoms with E-state index in [0.29, 0.717) is 10.7 Å². The molecule has 4 rings (SSSR count). The first-order valence-electron chi connectivity index (χ1n) is 11.0. The third kappa shape index (κ3) is 4.37. The number of hydrogen-bond acceptors (Lipinski definition) is 4. The number of ether oxygens (including phenoxy) is 1. The molecule has 2 aliphatic heterocycles. The summed E-state index contributed by atoms with van der Waals surface area (Å²) in [5.74, 6) is 0. The summed E-state index contributed by atoms with van der Waals surface area (Å²) in [4.78, 5) is 9.31. The number of fused-ring (bicyclic) bond motifs is 1. The topological polar surface area (TPSA) is 28.6 Å². The van der Waals surface area contributed by atoms with Gasteiger partial charge >= 0.3 is 0 Å². The molecule has 1 aromatic heterocycles. The summed E-state index contributed by atoms with van der Waals surface area (Å²) in [5.41, 5.74) is 7.70. The van der Waals surface area contributed by atoms with Gasteiger partial charge in [0.1, 0.15) is 0 Å². The smallest absolute Gasteiger partial charge is 0.0902 e. The van der Waals surface area contributed by atoms with Crippen molar-refractivity contribution < 1.29 is 4.74 Å². The van der Waals surface area contributed by atoms with E-state index in [9.17, 15) is 0 Å². The number of rotatable bonds is 4. The monoisotopic (exact) mass is 439 g/mol. The van der Waals surface area contributed by atoms with Crippen LogP contribution in [-0.4, -0.2) is 37.8 Å². The molecule has 0 bridgehead atoms. The van der Waals surface area contributed by atoms with E-state index in [1.54, 1.807) is 0 Å². The van der Waals surface area contributed by atoms with Crippen LogP contribution in [0.2, 0.25) is 0 Å². The normalized spacial score (nSPS) is 17.0. The molecule has 0 atom stereocenters. The van der Waals surface area contributed by atoms with E-state index < -0.39 is 0 Å².